The lowest BCUT2D eigenvalue weighted by molar-refractivity contribution is -0.121. The van der Waals surface area contributed by atoms with Gasteiger partial charge in [0.05, 0.1) is 0 Å². The van der Waals surface area contributed by atoms with Crippen molar-refractivity contribution in [3.63, 3.8) is 0 Å². The topological polar surface area (TPSA) is 76.0 Å². The Labute approximate surface area is 116 Å². The number of rotatable bonds is 4. The number of anilines is 1. The lowest BCUT2D eigenvalue weighted by atomic mass is 10.2. The quantitative estimate of drug-likeness (QED) is 0.879. The number of amides is 2. The number of likely N-dealkylation sites (N-methyl/N-ethyl adjacent to an activating group) is 1. The second-order valence-corrected chi connectivity index (χ2v) is 4.31. The van der Waals surface area contributed by atoms with Crippen molar-refractivity contribution >= 4 is 17.5 Å². The SMILES string of the molecule is CNC(=O)Cn1ccnc1-c1ccc(NC(C)=O)cc1. The summed E-state index contributed by atoms with van der Waals surface area (Å²) < 4.78 is 1.77. The molecule has 0 unspecified atom stereocenters. The smallest absolute Gasteiger partial charge is 0.239 e. The van der Waals surface area contributed by atoms with E-state index in [1.165, 1.54) is 6.92 Å². The van der Waals surface area contributed by atoms with E-state index in [9.17, 15) is 9.59 Å². The predicted octanol–water partition coefficient (Wildman–Crippen LogP) is 1.25. The van der Waals surface area contributed by atoms with Crippen LogP contribution in [0.25, 0.3) is 11.4 Å². The Morgan fingerprint density at radius 2 is 1.95 bits per heavy atom. The molecule has 1 heterocycles. The Morgan fingerprint density at radius 3 is 2.55 bits per heavy atom. The fraction of sp³-hybridized carbons (Fsp3) is 0.214. The van der Waals surface area contributed by atoms with Crippen LogP contribution < -0.4 is 10.6 Å². The highest BCUT2D eigenvalue weighted by Crippen LogP contribution is 2.20. The first kappa shape index (κ1) is 13.8. The molecule has 0 saturated heterocycles. The molecule has 0 spiro atoms. The average Bonchev–Trinajstić information content (AvgIpc) is 2.87. The molecule has 0 saturated carbocycles. The third kappa shape index (κ3) is 3.23. The van der Waals surface area contributed by atoms with E-state index < -0.39 is 0 Å². The van der Waals surface area contributed by atoms with E-state index in [-0.39, 0.29) is 18.4 Å². The van der Waals surface area contributed by atoms with Crippen molar-refractivity contribution in [2.24, 2.45) is 0 Å². The van der Waals surface area contributed by atoms with E-state index >= 15 is 0 Å². The van der Waals surface area contributed by atoms with Crippen molar-refractivity contribution in [2.75, 3.05) is 12.4 Å². The summed E-state index contributed by atoms with van der Waals surface area (Å²) in [6.45, 7) is 1.68. The number of benzene rings is 1. The van der Waals surface area contributed by atoms with Crippen LogP contribution in [0.15, 0.2) is 36.7 Å². The molecule has 6 nitrogen and oxygen atoms in total. The molecular formula is C14H16N4O2. The molecule has 0 aliphatic carbocycles. The van der Waals surface area contributed by atoms with Crippen molar-refractivity contribution in [3.8, 4) is 11.4 Å². The van der Waals surface area contributed by atoms with Crippen LogP contribution in [-0.2, 0) is 16.1 Å². The summed E-state index contributed by atoms with van der Waals surface area (Å²) in [5, 5.41) is 5.28. The molecule has 0 radical (unpaired) electrons. The van der Waals surface area contributed by atoms with Crippen molar-refractivity contribution in [3.05, 3.63) is 36.7 Å². The van der Waals surface area contributed by atoms with Gasteiger partial charge in [-0.3, -0.25) is 9.59 Å². The molecule has 0 aliphatic rings. The summed E-state index contributed by atoms with van der Waals surface area (Å²) in [7, 11) is 1.60. The zero-order valence-electron chi connectivity index (χ0n) is 11.4. The molecular weight excluding hydrogens is 256 g/mol. The maximum Gasteiger partial charge on any atom is 0.239 e. The molecule has 0 fully saturated rings. The Bertz CT molecular complexity index is 616. The van der Waals surface area contributed by atoms with Gasteiger partial charge in [0.15, 0.2) is 0 Å². The fourth-order valence-electron chi connectivity index (χ4n) is 1.84. The minimum absolute atomic E-state index is 0.0842. The lowest BCUT2D eigenvalue weighted by Gasteiger charge is -2.08. The molecule has 0 bridgehead atoms. The predicted molar refractivity (Wildman–Crippen MR) is 76.0 cm³/mol. The molecule has 2 rings (SSSR count). The number of aromatic nitrogens is 2. The number of hydrogen-bond donors (Lipinski definition) is 2. The third-order valence-corrected chi connectivity index (χ3v) is 2.77. The van der Waals surface area contributed by atoms with E-state index in [0.29, 0.717) is 5.82 Å². The van der Waals surface area contributed by atoms with Gasteiger partial charge in [0.25, 0.3) is 0 Å². The van der Waals surface area contributed by atoms with Gasteiger partial charge < -0.3 is 15.2 Å². The second-order valence-electron chi connectivity index (χ2n) is 4.31. The van der Waals surface area contributed by atoms with Gasteiger partial charge in [-0.25, -0.2) is 4.98 Å². The van der Waals surface area contributed by atoms with E-state index in [1.807, 2.05) is 12.1 Å². The fourth-order valence-corrected chi connectivity index (χ4v) is 1.84. The van der Waals surface area contributed by atoms with Gasteiger partial charge in [-0.15, -0.1) is 0 Å². The molecule has 2 amide bonds. The molecule has 2 N–H and O–H groups in total. The van der Waals surface area contributed by atoms with Gasteiger partial charge in [0, 0.05) is 37.6 Å². The zero-order valence-corrected chi connectivity index (χ0v) is 11.4. The molecule has 0 aliphatic heterocycles. The van der Waals surface area contributed by atoms with Crippen LogP contribution in [0.1, 0.15) is 6.92 Å². The highest BCUT2D eigenvalue weighted by Gasteiger charge is 2.08. The minimum Gasteiger partial charge on any atom is -0.358 e. The number of nitrogens with one attached hydrogen (secondary N) is 2. The number of imidazole rings is 1. The van der Waals surface area contributed by atoms with Gasteiger partial charge in [0.1, 0.15) is 12.4 Å². The number of carbonyl (C=O) groups excluding carboxylic acids is 2. The maximum absolute atomic E-state index is 11.4. The third-order valence-electron chi connectivity index (χ3n) is 2.77. The Morgan fingerprint density at radius 1 is 1.25 bits per heavy atom. The van der Waals surface area contributed by atoms with Crippen LogP contribution in [-0.4, -0.2) is 28.4 Å². The van der Waals surface area contributed by atoms with Crippen molar-refractivity contribution in [1.29, 1.82) is 0 Å². The van der Waals surface area contributed by atoms with Crippen LogP contribution in [0.4, 0.5) is 5.69 Å². The largest absolute Gasteiger partial charge is 0.358 e. The molecule has 1 aromatic carbocycles. The van der Waals surface area contributed by atoms with Crippen LogP contribution in [0, 0.1) is 0 Å². The molecule has 1 aromatic heterocycles. The van der Waals surface area contributed by atoms with Crippen LogP contribution in [0.2, 0.25) is 0 Å². The number of hydrogen-bond acceptors (Lipinski definition) is 3. The van der Waals surface area contributed by atoms with E-state index in [2.05, 4.69) is 15.6 Å². The summed E-state index contributed by atoms with van der Waals surface area (Å²) in [5.74, 6) is 0.515. The van der Waals surface area contributed by atoms with E-state index in [4.69, 9.17) is 0 Å². The molecule has 6 heteroatoms. The van der Waals surface area contributed by atoms with Gasteiger partial charge >= 0.3 is 0 Å². The summed E-state index contributed by atoms with van der Waals surface area (Å²) in [6, 6.07) is 7.31. The lowest BCUT2D eigenvalue weighted by Crippen LogP contribution is -2.23. The molecule has 20 heavy (non-hydrogen) atoms. The van der Waals surface area contributed by atoms with Gasteiger partial charge in [-0.05, 0) is 24.3 Å². The van der Waals surface area contributed by atoms with Crippen LogP contribution >= 0.6 is 0 Å². The minimum atomic E-state index is -0.112. The second kappa shape index (κ2) is 6.01. The first-order valence-electron chi connectivity index (χ1n) is 6.20. The van der Waals surface area contributed by atoms with Crippen LogP contribution in [0.3, 0.4) is 0 Å². The molecule has 2 aromatic rings. The highest BCUT2D eigenvalue weighted by molar-refractivity contribution is 5.88. The summed E-state index contributed by atoms with van der Waals surface area (Å²) in [4.78, 5) is 26.7. The monoisotopic (exact) mass is 272 g/mol. The standard InChI is InChI=1S/C14H16N4O2/c1-10(19)17-12-5-3-11(4-6-12)14-16-7-8-18(14)9-13(20)15-2/h3-8H,9H2,1-2H3,(H,15,20)(H,17,19). The summed E-state index contributed by atoms with van der Waals surface area (Å²) >= 11 is 0. The summed E-state index contributed by atoms with van der Waals surface area (Å²) in [6.07, 6.45) is 3.41. The Balaban J connectivity index is 2.21. The van der Waals surface area contributed by atoms with Gasteiger partial charge in [-0.1, -0.05) is 0 Å². The van der Waals surface area contributed by atoms with E-state index in [0.717, 1.165) is 11.3 Å². The van der Waals surface area contributed by atoms with Crippen molar-refractivity contribution in [2.45, 2.75) is 13.5 Å². The van der Waals surface area contributed by atoms with Crippen molar-refractivity contribution in [1.82, 2.24) is 14.9 Å². The Hall–Kier alpha value is -2.63. The highest BCUT2D eigenvalue weighted by atomic mass is 16.2. The van der Waals surface area contributed by atoms with Crippen molar-refractivity contribution < 1.29 is 9.59 Å². The number of carbonyl (C=O) groups is 2. The molecule has 104 valence electrons. The first-order valence-corrected chi connectivity index (χ1v) is 6.20. The van der Waals surface area contributed by atoms with Crippen LogP contribution in [0.5, 0.6) is 0 Å². The Kier molecular flexibility index (Phi) is 4.14. The normalized spacial score (nSPS) is 10.1. The average molecular weight is 272 g/mol. The van der Waals surface area contributed by atoms with Gasteiger partial charge in [-0.2, -0.15) is 0 Å². The number of nitrogens with zero attached hydrogens (tertiary/aromatic N) is 2. The molecule has 0 atom stereocenters. The summed E-state index contributed by atoms with van der Waals surface area (Å²) in [5.41, 5.74) is 1.61. The zero-order chi connectivity index (χ0) is 14.5. The first-order chi connectivity index (χ1) is 9.60. The van der Waals surface area contributed by atoms with Gasteiger partial charge in [0.2, 0.25) is 11.8 Å². The maximum atomic E-state index is 11.4. The van der Waals surface area contributed by atoms with E-state index in [1.54, 1.807) is 36.1 Å².